The highest BCUT2D eigenvalue weighted by Crippen LogP contribution is 2.08. The number of carbonyl (C=O) groups is 2. The molecular weight excluding hydrogens is 204 g/mol. The maximum Gasteiger partial charge on any atom is 0.312 e. The largest absolute Gasteiger partial charge is 0.329 e. The van der Waals surface area contributed by atoms with E-state index < -0.39 is 11.8 Å². The van der Waals surface area contributed by atoms with Gasteiger partial charge in [-0.3, -0.25) is 9.59 Å². The van der Waals surface area contributed by atoms with E-state index in [1.54, 1.807) is 9.80 Å². The molecule has 0 N–H and O–H groups in total. The average molecular weight is 222 g/mol. The van der Waals surface area contributed by atoms with E-state index in [0.29, 0.717) is 26.2 Å². The Morgan fingerprint density at radius 1 is 1.00 bits per heavy atom. The van der Waals surface area contributed by atoms with Crippen molar-refractivity contribution in [1.29, 1.82) is 0 Å². The van der Waals surface area contributed by atoms with Crippen LogP contribution in [-0.4, -0.2) is 47.8 Å². The highest BCUT2D eigenvalue weighted by Gasteiger charge is 2.31. The summed E-state index contributed by atoms with van der Waals surface area (Å²) in [7, 11) is 0. The first-order chi connectivity index (χ1) is 7.41. The zero-order valence-electron chi connectivity index (χ0n) is 9.95. The Balaban J connectivity index is 2.65. The van der Waals surface area contributed by atoms with Crippen LogP contribution in [0.1, 0.15) is 13.8 Å². The molecule has 4 nitrogen and oxygen atoms in total. The van der Waals surface area contributed by atoms with Crippen LogP contribution in [0.2, 0.25) is 0 Å². The lowest BCUT2D eigenvalue weighted by atomic mass is 10.2. The number of carbonyl (C=O) groups excluding carboxylic acids is 2. The van der Waals surface area contributed by atoms with Crippen molar-refractivity contribution in [3.05, 3.63) is 24.3 Å². The third-order valence-corrected chi connectivity index (χ3v) is 2.32. The summed E-state index contributed by atoms with van der Waals surface area (Å²) in [6.07, 6.45) is 0. The average Bonchev–Trinajstić information content (AvgIpc) is 2.16. The molecule has 0 bridgehead atoms. The Morgan fingerprint density at radius 2 is 1.31 bits per heavy atom. The van der Waals surface area contributed by atoms with Crippen molar-refractivity contribution in [1.82, 2.24) is 9.80 Å². The van der Waals surface area contributed by atoms with Gasteiger partial charge in [-0.25, -0.2) is 0 Å². The molecule has 1 fully saturated rings. The van der Waals surface area contributed by atoms with Crippen molar-refractivity contribution in [2.75, 3.05) is 26.2 Å². The summed E-state index contributed by atoms with van der Waals surface area (Å²) in [5, 5.41) is 0. The first-order valence-electron chi connectivity index (χ1n) is 5.28. The molecular formula is C12H18N2O2. The standard InChI is InChI=1S/C12H18N2O2/c1-9(2)7-13-5-6-14(8-10(3)4)12(16)11(13)15/h1,3,5-8H2,2,4H3. The molecule has 1 saturated heterocycles. The van der Waals surface area contributed by atoms with Crippen LogP contribution in [-0.2, 0) is 9.59 Å². The lowest BCUT2D eigenvalue weighted by Gasteiger charge is -2.33. The summed E-state index contributed by atoms with van der Waals surface area (Å²) >= 11 is 0. The van der Waals surface area contributed by atoms with Gasteiger partial charge in [-0.1, -0.05) is 24.3 Å². The highest BCUT2D eigenvalue weighted by molar-refractivity contribution is 6.35. The SMILES string of the molecule is C=C(C)CN1CCN(CC(=C)C)C(=O)C1=O. The molecule has 88 valence electrons. The van der Waals surface area contributed by atoms with Crippen LogP contribution >= 0.6 is 0 Å². The number of amides is 2. The van der Waals surface area contributed by atoms with E-state index in [1.165, 1.54) is 0 Å². The maximum atomic E-state index is 11.7. The molecule has 0 aromatic carbocycles. The molecule has 0 aromatic rings. The Hall–Kier alpha value is -1.58. The molecule has 0 spiro atoms. The normalized spacial score (nSPS) is 16.6. The summed E-state index contributed by atoms with van der Waals surface area (Å²) < 4.78 is 0. The van der Waals surface area contributed by atoms with Crippen LogP contribution in [0.3, 0.4) is 0 Å². The maximum absolute atomic E-state index is 11.7. The Labute approximate surface area is 96.2 Å². The van der Waals surface area contributed by atoms with E-state index in [0.717, 1.165) is 11.1 Å². The molecule has 1 aliphatic heterocycles. The first-order valence-corrected chi connectivity index (χ1v) is 5.28. The lowest BCUT2D eigenvalue weighted by Crippen LogP contribution is -2.54. The number of rotatable bonds is 4. The number of piperazine rings is 1. The summed E-state index contributed by atoms with van der Waals surface area (Å²) in [5.74, 6) is -0.869. The minimum Gasteiger partial charge on any atom is -0.329 e. The molecule has 0 atom stereocenters. The van der Waals surface area contributed by atoms with Gasteiger partial charge in [0.05, 0.1) is 0 Å². The van der Waals surface area contributed by atoms with Gasteiger partial charge in [0.25, 0.3) is 0 Å². The zero-order chi connectivity index (χ0) is 12.3. The van der Waals surface area contributed by atoms with Gasteiger partial charge in [-0.15, -0.1) is 0 Å². The van der Waals surface area contributed by atoms with E-state index >= 15 is 0 Å². The monoisotopic (exact) mass is 222 g/mol. The molecule has 0 aromatic heterocycles. The van der Waals surface area contributed by atoms with Crippen LogP contribution in [0.5, 0.6) is 0 Å². The fourth-order valence-corrected chi connectivity index (χ4v) is 1.67. The van der Waals surface area contributed by atoms with Crippen LogP contribution in [0.15, 0.2) is 24.3 Å². The van der Waals surface area contributed by atoms with Crippen molar-refractivity contribution >= 4 is 11.8 Å². The van der Waals surface area contributed by atoms with E-state index in [-0.39, 0.29) is 0 Å². The molecule has 0 unspecified atom stereocenters. The van der Waals surface area contributed by atoms with Crippen molar-refractivity contribution in [2.24, 2.45) is 0 Å². The third kappa shape index (κ3) is 2.95. The van der Waals surface area contributed by atoms with Gasteiger partial charge in [0.1, 0.15) is 0 Å². The second-order valence-corrected chi connectivity index (χ2v) is 4.37. The minimum absolute atomic E-state index is 0.435. The summed E-state index contributed by atoms with van der Waals surface area (Å²) in [5.41, 5.74) is 1.77. The van der Waals surface area contributed by atoms with E-state index in [1.807, 2.05) is 13.8 Å². The van der Waals surface area contributed by atoms with Crippen molar-refractivity contribution in [3.8, 4) is 0 Å². The van der Waals surface area contributed by atoms with Crippen LogP contribution in [0, 0.1) is 0 Å². The predicted octanol–water partition coefficient (Wildman–Crippen LogP) is 0.809. The smallest absolute Gasteiger partial charge is 0.312 e. The number of hydrogen-bond acceptors (Lipinski definition) is 2. The molecule has 16 heavy (non-hydrogen) atoms. The van der Waals surface area contributed by atoms with Crippen molar-refractivity contribution in [2.45, 2.75) is 13.8 Å². The van der Waals surface area contributed by atoms with Gasteiger partial charge in [0.15, 0.2) is 0 Å². The highest BCUT2D eigenvalue weighted by atomic mass is 16.2. The summed E-state index contributed by atoms with van der Waals surface area (Å²) in [6.45, 7) is 13.3. The van der Waals surface area contributed by atoms with Gasteiger partial charge in [0, 0.05) is 26.2 Å². The molecule has 4 heteroatoms. The summed E-state index contributed by atoms with van der Waals surface area (Å²) in [6, 6.07) is 0. The number of hydrogen-bond donors (Lipinski definition) is 0. The van der Waals surface area contributed by atoms with Crippen LogP contribution in [0.25, 0.3) is 0 Å². The Bertz CT molecular complexity index is 313. The first kappa shape index (κ1) is 12.5. The van der Waals surface area contributed by atoms with E-state index in [9.17, 15) is 9.59 Å². The van der Waals surface area contributed by atoms with E-state index in [2.05, 4.69) is 13.2 Å². The van der Waals surface area contributed by atoms with Gasteiger partial charge in [0.2, 0.25) is 0 Å². The van der Waals surface area contributed by atoms with Crippen LogP contribution < -0.4 is 0 Å². The summed E-state index contributed by atoms with van der Waals surface area (Å²) in [4.78, 5) is 26.5. The Morgan fingerprint density at radius 3 is 1.56 bits per heavy atom. The van der Waals surface area contributed by atoms with E-state index in [4.69, 9.17) is 0 Å². The fourth-order valence-electron chi connectivity index (χ4n) is 1.67. The second-order valence-electron chi connectivity index (χ2n) is 4.37. The minimum atomic E-state index is -0.435. The number of nitrogens with zero attached hydrogens (tertiary/aromatic N) is 2. The topological polar surface area (TPSA) is 40.6 Å². The van der Waals surface area contributed by atoms with Gasteiger partial charge in [-0.05, 0) is 13.8 Å². The molecule has 1 heterocycles. The van der Waals surface area contributed by atoms with Gasteiger partial charge < -0.3 is 9.80 Å². The lowest BCUT2D eigenvalue weighted by molar-refractivity contribution is -0.155. The molecule has 0 radical (unpaired) electrons. The van der Waals surface area contributed by atoms with Gasteiger partial charge >= 0.3 is 11.8 Å². The third-order valence-electron chi connectivity index (χ3n) is 2.32. The predicted molar refractivity (Wildman–Crippen MR) is 62.8 cm³/mol. The van der Waals surface area contributed by atoms with Crippen molar-refractivity contribution in [3.63, 3.8) is 0 Å². The molecule has 1 rings (SSSR count). The second kappa shape index (κ2) is 4.96. The molecule has 1 aliphatic rings. The van der Waals surface area contributed by atoms with Gasteiger partial charge in [-0.2, -0.15) is 0 Å². The quantitative estimate of drug-likeness (QED) is 0.521. The molecule has 0 saturated carbocycles. The molecule has 0 aliphatic carbocycles. The fraction of sp³-hybridized carbons (Fsp3) is 0.500. The molecule has 2 amide bonds. The Kier molecular flexibility index (Phi) is 3.88. The van der Waals surface area contributed by atoms with Crippen LogP contribution in [0.4, 0.5) is 0 Å². The zero-order valence-corrected chi connectivity index (χ0v) is 9.95. The van der Waals surface area contributed by atoms with Crippen molar-refractivity contribution < 1.29 is 9.59 Å².